The van der Waals surface area contributed by atoms with E-state index in [0.717, 1.165) is 50.0 Å². The van der Waals surface area contributed by atoms with Crippen LogP contribution >= 0.6 is 0 Å². The molecule has 6 aromatic rings. The molecule has 0 fully saturated rings. The maximum atomic E-state index is 4.92. The van der Waals surface area contributed by atoms with Crippen LogP contribution in [-0.2, 0) is 10.8 Å². The molecule has 2 aromatic heterocycles. The second kappa shape index (κ2) is 10.6. The molecule has 2 heterocycles. The molecule has 0 unspecified atom stereocenters. The van der Waals surface area contributed by atoms with Gasteiger partial charge in [-0.05, 0) is 95.0 Å². The van der Waals surface area contributed by atoms with Gasteiger partial charge in [0.25, 0.3) is 0 Å². The molecule has 0 spiro atoms. The Balaban J connectivity index is 1.41. The lowest BCUT2D eigenvalue weighted by Crippen LogP contribution is -2.14. The lowest BCUT2D eigenvalue weighted by Gasteiger charge is -2.28. The Morgan fingerprint density at radius 3 is 1.49 bits per heavy atom. The van der Waals surface area contributed by atoms with E-state index >= 15 is 0 Å². The zero-order valence-corrected chi connectivity index (χ0v) is 26.7. The molecular formula is C40H41N3. The van der Waals surface area contributed by atoms with E-state index in [-0.39, 0.29) is 10.8 Å². The Morgan fingerprint density at radius 1 is 0.512 bits per heavy atom. The minimum atomic E-state index is 0.103. The zero-order chi connectivity index (χ0) is 30.5. The van der Waals surface area contributed by atoms with Crippen LogP contribution in [0.4, 0.5) is 17.1 Å². The Kier molecular flexibility index (Phi) is 7.08. The maximum absolute atomic E-state index is 4.92. The molecule has 0 N–H and O–H groups in total. The summed E-state index contributed by atoms with van der Waals surface area (Å²) in [6, 6.07) is 33.3. The molecule has 3 heteroatoms. The van der Waals surface area contributed by atoms with Gasteiger partial charge in [0.15, 0.2) is 0 Å². The summed E-state index contributed by atoms with van der Waals surface area (Å²) < 4.78 is 0. The van der Waals surface area contributed by atoms with Crippen molar-refractivity contribution in [2.75, 3.05) is 4.90 Å². The van der Waals surface area contributed by atoms with Crippen molar-refractivity contribution < 1.29 is 0 Å². The van der Waals surface area contributed by atoms with Crippen LogP contribution in [0, 0.1) is 13.8 Å². The highest BCUT2D eigenvalue weighted by atomic mass is 15.1. The molecule has 0 aliphatic carbocycles. The molecule has 0 amide bonds. The summed E-state index contributed by atoms with van der Waals surface area (Å²) in [5.41, 5.74) is 12.9. The highest BCUT2D eigenvalue weighted by molar-refractivity contribution is 6.06. The van der Waals surface area contributed by atoms with E-state index in [1.165, 1.54) is 22.3 Å². The standard InChI is InChI=1S/C40H41N3/c1-26-23-24-41-37-34(26)21-22-35-27(2)36(25-42-38(35)37)28-9-15-31(16-10-28)43(32-17-11-29(12-18-32)39(3,4)5)33-19-13-30(14-20-33)40(6,7)8/h9-25H,1-8H3. The van der Waals surface area contributed by atoms with Gasteiger partial charge in [0, 0.05) is 45.8 Å². The highest BCUT2D eigenvalue weighted by Crippen LogP contribution is 2.39. The molecule has 43 heavy (non-hydrogen) atoms. The first-order valence-corrected chi connectivity index (χ1v) is 15.2. The summed E-state index contributed by atoms with van der Waals surface area (Å²) in [6.07, 6.45) is 3.88. The number of hydrogen-bond acceptors (Lipinski definition) is 3. The van der Waals surface area contributed by atoms with E-state index in [1.54, 1.807) is 0 Å². The molecule has 0 atom stereocenters. The third kappa shape index (κ3) is 5.41. The first-order chi connectivity index (χ1) is 20.4. The maximum Gasteiger partial charge on any atom is 0.0967 e. The minimum absolute atomic E-state index is 0.103. The number of pyridine rings is 2. The third-order valence-electron chi connectivity index (χ3n) is 8.65. The zero-order valence-electron chi connectivity index (χ0n) is 26.7. The second-order valence-corrected chi connectivity index (χ2v) is 13.8. The third-order valence-corrected chi connectivity index (χ3v) is 8.65. The quantitative estimate of drug-likeness (QED) is 0.200. The summed E-state index contributed by atoms with van der Waals surface area (Å²) in [6.45, 7) is 17.9. The van der Waals surface area contributed by atoms with Crippen LogP contribution in [0.3, 0.4) is 0 Å². The van der Waals surface area contributed by atoms with Crippen molar-refractivity contribution in [2.24, 2.45) is 0 Å². The van der Waals surface area contributed by atoms with Gasteiger partial charge in [0.1, 0.15) is 0 Å². The summed E-state index contributed by atoms with van der Waals surface area (Å²) in [7, 11) is 0. The molecule has 0 bridgehead atoms. The van der Waals surface area contributed by atoms with Gasteiger partial charge >= 0.3 is 0 Å². The SMILES string of the molecule is Cc1ccnc2c1ccc1c(C)c(-c3ccc(N(c4ccc(C(C)(C)C)cc4)c4ccc(C(C)(C)C)cc4)cc3)cnc12. The molecule has 0 aliphatic rings. The van der Waals surface area contributed by atoms with Crippen LogP contribution in [0.5, 0.6) is 0 Å². The van der Waals surface area contributed by atoms with E-state index in [9.17, 15) is 0 Å². The van der Waals surface area contributed by atoms with Gasteiger partial charge in [0.05, 0.1) is 11.0 Å². The number of nitrogens with zero attached hydrogens (tertiary/aromatic N) is 3. The fraction of sp³-hybridized carbons (Fsp3) is 0.250. The van der Waals surface area contributed by atoms with Gasteiger partial charge in [-0.15, -0.1) is 0 Å². The smallest absolute Gasteiger partial charge is 0.0967 e. The van der Waals surface area contributed by atoms with Crippen molar-refractivity contribution in [3.8, 4) is 11.1 Å². The van der Waals surface area contributed by atoms with Crippen LogP contribution in [-0.4, -0.2) is 9.97 Å². The topological polar surface area (TPSA) is 29.0 Å². The monoisotopic (exact) mass is 563 g/mol. The van der Waals surface area contributed by atoms with Gasteiger partial charge in [-0.25, -0.2) is 0 Å². The molecule has 0 radical (unpaired) electrons. The molecule has 0 saturated heterocycles. The summed E-state index contributed by atoms with van der Waals surface area (Å²) in [5.74, 6) is 0. The molecule has 6 rings (SSSR count). The Labute approximate surface area is 256 Å². The number of hydrogen-bond donors (Lipinski definition) is 0. The number of fused-ring (bicyclic) bond motifs is 3. The Bertz CT molecular complexity index is 1860. The Hall–Kier alpha value is -4.50. The number of rotatable bonds is 4. The van der Waals surface area contributed by atoms with Crippen LogP contribution in [0.1, 0.15) is 63.8 Å². The van der Waals surface area contributed by atoms with E-state index in [1.807, 2.05) is 12.4 Å². The summed E-state index contributed by atoms with van der Waals surface area (Å²) in [5, 5.41) is 2.30. The Morgan fingerprint density at radius 2 is 0.977 bits per heavy atom. The number of benzene rings is 4. The highest BCUT2D eigenvalue weighted by Gasteiger charge is 2.19. The van der Waals surface area contributed by atoms with Crippen molar-refractivity contribution in [2.45, 2.75) is 66.2 Å². The van der Waals surface area contributed by atoms with Crippen LogP contribution in [0.15, 0.2) is 103 Å². The summed E-state index contributed by atoms with van der Waals surface area (Å²) in [4.78, 5) is 11.9. The van der Waals surface area contributed by atoms with E-state index < -0.39 is 0 Å². The number of aromatic nitrogens is 2. The fourth-order valence-corrected chi connectivity index (χ4v) is 5.90. The molecule has 3 nitrogen and oxygen atoms in total. The molecule has 0 saturated carbocycles. The largest absolute Gasteiger partial charge is 0.311 e. The average Bonchev–Trinajstić information content (AvgIpc) is 2.98. The fourth-order valence-electron chi connectivity index (χ4n) is 5.90. The van der Waals surface area contributed by atoms with Gasteiger partial charge in [-0.2, -0.15) is 0 Å². The van der Waals surface area contributed by atoms with Crippen molar-refractivity contribution in [3.05, 3.63) is 126 Å². The van der Waals surface area contributed by atoms with Crippen LogP contribution < -0.4 is 4.90 Å². The predicted octanol–water partition coefficient (Wildman–Crippen LogP) is 11.1. The van der Waals surface area contributed by atoms with E-state index in [0.29, 0.717) is 0 Å². The van der Waals surface area contributed by atoms with Gasteiger partial charge < -0.3 is 4.90 Å². The van der Waals surface area contributed by atoms with Crippen molar-refractivity contribution in [1.29, 1.82) is 0 Å². The van der Waals surface area contributed by atoms with Crippen LogP contribution in [0.25, 0.3) is 32.9 Å². The van der Waals surface area contributed by atoms with Crippen molar-refractivity contribution in [1.82, 2.24) is 9.97 Å². The molecular weight excluding hydrogens is 522 g/mol. The minimum Gasteiger partial charge on any atom is -0.311 e. The van der Waals surface area contributed by atoms with Crippen molar-refractivity contribution >= 4 is 38.9 Å². The van der Waals surface area contributed by atoms with Gasteiger partial charge in [-0.3, -0.25) is 9.97 Å². The lowest BCUT2D eigenvalue weighted by molar-refractivity contribution is 0.590. The summed E-state index contributed by atoms with van der Waals surface area (Å²) >= 11 is 0. The van der Waals surface area contributed by atoms with E-state index in [4.69, 9.17) is 4.98 Å². The van der Waals surface area contributed by atoms with Gasteiger partial charge in [-0.1, -0.05) is 90.1 Å². The normalized spacial score (nSPS) is 12.2. The molecule has 216 valence electrons. The predicted molar refractivity (Wildman–Crippen MR) is 184 cm³/mol. The molecule has 4 aromatic carbocycles. The van der Waals surface area contributed by atoms with Crippen molar-refractivity contribution in [3.63, 3.8) is 0 Å². The van der Waals surface area contributed by atoms with E-state index in [2.05, 4.69) is 156 Å². The van der Waals surface area contributed by atoms with Crippen LogP contribution in [0.2, 0.25) is 0 Å². The number of aryl methyl sites for hydroxylation is 2. The first kappa shape index (κ1) is 28.6. The molecule has 0 aliphatic heterocycles. The van der Waals surface area contributed by atoms with Gasteiger partial charge in [0.2, 0.25) is 0 Å². The average molecular weight is 564 g/mol. The lowest BCUT2D eigenvalue weighted by atomic mass is 9.86. The first-order valence-electron chi connectivity index (χ1n) is 15.2. The number of anilines is 3. The second-order valence-electron chi connectivity index (χ2n) is 13.8.